The van der Waals surface area contributed by atoms with Crippen molar-refractivity contribution in [2.24, 2.45) is 0 Å². The summed E-state index contributed by atoms with van der Waals surface area (Å²) in [5, 5.41) is 2.53. The van der Waals surface area contributed by atoms with Crippen molar-refractivity contribution in [3.63, 3.8) is 0 Å². The van der Waals surface area contributed by atoms with Gasteiger partial charge < -0.3 is 19.7 Å². The standard InChI is InChI=1S/C13H17N3O4/c1-14-12(17)10-7-9(3-4-15-10)16-5-6-20-11(8-16)13(18)19-2/h3-4,7,11H,5-6,8H2,1-2H3,(H,14,17). The minimum absolute atomic E-state index is 0.246. The fraction of sp³-hybridized carbons (Fsp3) is 0.462. The molecule has 7 nitrogen and oxygen atoms in total. The minimum atomic E-state index is -0.606. The SMILES string of the molecule is CNC(=O)c1cc(N2CCOC(C(=O)OC)C2)ccn1. The highest BCUT2D eigenvalue weighted by Gasteiger charge is 2.27. The Kier molecular flexibility index (Phi) is 4.52. The predicted molar refractivity (Wildman–Crippen MR) is 71.6 cm³/mol. The first kappa shape index (κ1) is 14.3. The number of hydrogen-bond acceptors (Lipinski definition) is 6. The van der Waals surface area contributed by atoms with Gasteiger partial charge in [0, 0.05) is 25.5 Å². The third kappa shape index (κ3) is 3.05. The van der Waals surface area contributed by atoms with E-state index in [1.165, 1.54) is 7.11 Å². The molecule has 0 radical (unpaired) electrons. The quantitative estimate of drug-likeness (QED) is 0.773. The molecule has 108 valence electrons. The Morgan fingerprint density at radius 3 is 3.05 bits per heavy atom. The number of rotatable bonds is 3. The Hall–Kier alpha value is -2.15. The van der Waals surface area contributed by atoms with E-state index >= 15 is 0 Å². The summed E-state index contributed by atoms with van der Waals surface area (Å²) in [7, 11) is 2.89. The number of aromatic nitrogens is 1. The van der Waals surface area contributed by atoms with Crippen LogP contribution in [0.4, 0.5) is 5.69 Å². The number of morpholine rings is 1. The number of nitrogens with zero attached hydrogens (tertiary/aromatic N) is 2. The molecule has 1 aromatic rings. The Morgan fingerprint density at radius 1 is 1.55 bits per heavy atom. The van der Waals surface area contributed by atoms with Gasteiger partial charge in [0.1, 0.15) is 5.69 Å². The number of hydrogen-bond donors (Lipinski definition) is 1. The average Bonchev–Trinajstić information content (AvgIpc) is 2.53. The van der Waals surface area contributed by atoms with Crippen molar-refractivity contribution in [3.8, 4) is 0 Å². The Labute approximate surface area is 116 Å². The molecule has 0 saturated carbocycles. The van der Waals surface area contributed by atoms with Crippen molar-refractivity contribution < 1.29 is 19.1 Å². The van der Waals surface area contributed by atoms with Crippen molar-refractivity contribution in [1.29, 1.82) is 0 Å². The van der Waals surface area contributed by atoms with Crippen LogP contribution in [0.15, 0.2) is 18.3 Å². The molecule has 20 heavy (non-hydrogen) atoms. The number of methoxy groups -OCH3 is 1. The summed E-state index contributed by atoms with van der Waals surface area (Å²) in [5.41, 5.74) is 1.17. The maximum absolute atomic E-state index is 11.6. The first-order chi connectivity index (χ1) is 9.65. The van der Waals surface area contributed by atoms with Crippen LogP contribution in [0.3, 0.4) is 0 Å². The Morgan fingerprint density at radius 2 is 2.35 bits per heavy atom. The maximum atomic E-state index is 11.6. The lowest BCUT2D eigenvalue weighted by molar-refractivity contribution is -0.154. The van der Waals surface area contributed by atoms with E-state index in [2.05, 4.69) is 15.0 Å². The van der Waals surface area contributed by atoms with Gasteiger partial charge in [-0.2, -0.15) is 0 Å². The number of ether oxygens (including phenoxy) is 2. The second-order valence-electron chi connectivity index (χ2n) is 4.31. The van der Waals surface area contributed by atoms with Crippen molar-refractivity contribution in [2.75, 3.05) is 38.8 Å². The molecule has 0 aromatic carbocycles. The van der Waals surface area contributed by atoms with E-state index in [1.807, 2.05) is 4.90 Å². The largest absolute Gasteiger partial charge is 0.467 e. The van der Waals surface area contributed by atoms with Crippen LogP contribution in [-0.4, -0.2) is 56.8 Å². The van der Waals surface area contributed by atoms with Crippen molar-refractivity contribution >= 4 is 17.6 Å². The number of amides is 1. The van der Waals surface area contributed by atoms with Gasteiger partial charge in [0.05, 0.1) is 20.3 Å². The van der Waals surface area contributed by atoms with E-state index in [-0.39, 0.29) is 5.91 Å². The third-order valence-corrected chi connectivity index (χ3v) is 3.10. The van der Waals surface area contributed by atoms with Gasteiger partial charge >= 0.3 is 5.97 Å². The number of nitrogens with one attached hydrogen (secondary N) is 1. The smallest absolute Gasteiger partial charge is 0.336 e. The highest BCUT2D eigenvalue weighted by molar-refractivity contribution is 5.92. The van der Waals surface area contributed by atoms with Gasteiger partial charge in [-0.15, -0.1) is 0 Å². The molecule has 2 rings (SSSR count). The number of pyridine rings is 1. The van der Waals surface area contributed by atoms with Crippen LogP contribution in [0.2, 0.25) is 0 Å². The van der Waals surface area contributed by atoms with Crippen LogP contribution in [0, 0.1) is 0 Å². The first-order valence-electron chi connectivity index (χ1n) is 6.28. The molecule has 1 atom stereocenters. The van der Waals surface area contributed by atoms with Crippen molar-refractivity contribution in [3.05, 3.63) is 24.0 Å². The molecular weight excluding hydrogens is 262 g/mol. The van der Waals surface area contributed by atoms with E-state index in [9.17, 15) is 9.59 Å². The molecule has 2 heterocycles. The molecule has 1 aliphatic rings. The maximum Gasteiger partial charge on any atom is 0.336 e. The zero-order valence-corrected chi connectivity index (χ0v) is 11.5. The third-order valence-electron chi connectivity index (χ3n) is 3.10. The van der Waals surface area contributed by atoms with Crippen LogP contribution in [0.1, 0.15) is 10.5 Å². The summed E-state index contributed by atoms with van der Waals surface area (Å²) >= 11 is 0. The summed E-state index contributed by atoms with van der Waals surface area (Å²) in [6.45, 7) is 1.46. The highest BCUT2D eigenvalue weighted by Crippen LogP contribution is 2.18. The van der Waals surface area contributed by atoms with Gasteiger partial charge in [-0.05, 0) is 12.1 Å². The highest BCUT2D eigenvalue weighted by atomic mass is 16.6. The Balaban J connectivity index is 2.14. The van der Waals surface area contributed by atoms with Gasteiger partial charge in [0.2, 0.25) is 0 Å². The fourth-order valence-electron chi connectivity index (χ4n) is 2.03. The lowest BCUT2D eigenvalue weighted by Gasteiger charge is -2.33. The number of esters is 1. The van der Waals surface area contributed by atoms with E-state index in [0.717, 1.165) is 5.69 Å². The molecule has 1 unspecified atom stereocenters. The van der Waals surface area contributed by atoms with E-state index < -0.39 is 12.1 Å². The minimum Gasteiger partial charge on any atom is -0.467 e. The molecule has 1 fully saturated rings. The number of anilines is 1. The molecule has 1 saturated heterocycles. The lowest BCUT2D eigenvalue weighted by atomic mass is 10.2. The summed E-state index contributed by atoms with van der Waals surface area (Å²) in [5.74, 6) is -0.639. The molecule has 0 aliphatic carbocycles. The van der Waals surface area contributed by atoms with Crippen LogP contribution in [0.5, 0.6) is 0 Å². The zero-order chi connectivity index (χ0) is 14.5. The average molecular weight is 279 g/mol. The van der Waals surface area contributed by atoms with Gasteiger partial charge in [-0.3, -0.25) is 9.78 Å². The molecule has 1 aliphatic heterocycles. The monoisotopic (exact) mass is 279 g/mol. The van der Waals surface area contributed by atoms with E-state index in [4.69, 9.17) is 4.74 Å². The van der Waals surface area contributed by atoms with E-state index in [0.29, 0.717) is 25.4 Å². The lowest BCUT2D eigenvalue weighted by Crippen LogP contribution is -2.46. The molecule has 1 N–H and O–H groups in total. The summed E-state index contributed by atoms with van der Waals surface area (Å²) in [6.07, 6.45) is 0.966. The van der Waals surface area contributed by atoms with Gasteiger partial charge in [-0.25, -0.2) is 4.79 Å². The molecular formula is C13H17N3O4. The summed E-state index contributed by atoms with van der Waals surface area (Å²) < 4.78 is 10.1. The second-order valence-corrected chi connectivity index (χ2v) is 4.31. The molecule has 1 aromatic heterocycles. The van der Waals surface area contributed by atoms with Gasteiger partial charge in [-0.1, -0.05) is 0 Å². The molecule has 7 heteroatoms. The summed E-state index contributed by atoms with van der Waals surface area (Å²) in [6, 6.07) is 3.49. The number of carbonyl (C=O) groups is 2. The van der Waals surface area contributed by atoms with Crippen LogP contribution in [0.25, 0.3) is 0 Å². The van der Waals surface area contributed by atoms with Crippen LogP contribution >= 0.6 is 0 Å². The molecule has 1 amide bonds. The van der Waals surface area contributed by atoms with Gasteiger partial charge in [0.25, 0.3) is 5.91 Å². The second kappa shape index (κ2) is 6.33. The predicted octanol–water partition coefficient (Wildman–Crippen LogP) is -0.181. The normalized spacial score (nSPS) is 18.5. The molecule has 0 bridgehead atoms. The van der Waals surface area contributed by atoms with Crippen LogP contribution < -0.4 is 10.2 Å². The topological polar surface area (TPSA) is 80.8 Å². The fourth-order valence-corrected chi connectivity index (χ4v) is 2.03. The number of carbonyl (C=O) groups excluding carboxylic acids is 2. The van der Waals surface area contributed by atoms with E-state index in [1.54, 1.807) is 25.4 Å². The summed E-state index contributed by atoms with van der Waals surface area (Å²) in [4.78, 5) is 29.1. The van der Waals surface area contributed by atoms with Crippen LogP contribution in [-0.2, 0) is 14.3 Å². The van der Waals surface area contributed by atoms with Crippen molar-refractivity contribution in [2.45, 2.75) is 6.10 Å². The molecule has 0 spiro atoms. The van der Waals surface area contributed by atoms with Crippen molar-refractivity contribution in [1.82, 2.24) is 10.3 Å². The van der Waals surface area contributed by atoms with Gasteiger partial charge in [0.15, 0.2) is 6.10 Å². The first-order valence-corrected chi connectivity index (χ1v) is 6.28. The zero-order valence-electron chi connectivity index (χ0n) is 11.5. The Bertz CT molecular complexity index is 506.